The topological polar surface area (TPSA) is 45.8 Å². The van der Waals surface area contributed by atoms with Crippen LogP contribution in [-0.4, -0.2) is 9.97 Å². The van der Waals surface area contributed by atoms with Gasteiger partial charge in [-0.25, -0.2) is 4.98 Å². The van der Waals surface area contributed by atoms with Gasteiger partial charge in [-0.3, -0.25) is 4.79 Å². The van der Waals surface area contributed by atoms with E-state index in [4.69, 9.17) is 0 Å². The summed E-state index contributed by atoms with van der Waals surface area (Å²) in [6.07, 6.45) is 2.46. The van der Waals surface area contributed by atoms with Crippen LogP contribution in [0.5, 0.6) is 0 Å². The molecule has 0 saturated carbocycles. The van der Waals surface area contributed by atoms with Crippen molar-refractivity contribution < 1.29 is 0 Å². The van der Waals surface area contributed by atoms with Crippen LogP contribution < -0.4 is 5.56 Å². The molecule has 0 radical (unpaired) electrons. The minimum absolute atomic E-state index is 0.0736. The van der Waals surface area contributed by atoms with Crippen LogP contribution in [0.4, 0.5) is 0 Å². The van der Waals surface area contributed by atoms with Gasteiger partial charge in [-0.15, -0.1) is 0 Å². The molecule has 1 N–H and O–H groups in total. The second-order valence-corrected chi connectivity index (χ2v) is 5.06. The molecule has 3 nitrogen and oxygen atoms in total. The van der Waals surface area contributed by atoms with Gasteiger partial charge in [-0.2, -0.15) is 0 Å². The zero-order valence-corrected chi connectivity index (χ0v) is 11.8. The molecule has 0 bridgehead atoms. The van der Waals surface area contributed by atoms with Crippen LogP contribution in [0.25, 0.3) is 0 Å². The first kappa shape index (κ1) is 13.0. The maximum Gasteiger partial charge on any atom is 0.251 e. The van der Waals surface area contributed by atoms with Gasteiger partial charge >= 0.3 is 0 Å². The second-order valence-electron chi connectivity index (χ2n) is 4.20. The van der Waals surface area contributed by atoms with E-state index in [1.807, 2.05) is 24.3 Å². The largest absolute Gasteiger partial charge is 0.310 e. The van der Waals surface area contributed by atoms with E-state index in [0.717, 1.165) is 34.4 Å². The second kappa shape index (κ2) is 5.96. The average molecular weight is 307 g/mol. The number of halogens is 1. The average Bonchev–Trinajstić information content (AvgIpc) is 2.32. The standard InChI is InChI=1S/C14H15BrN2O/c1-2-5-11-9-14(18)17-13(16-11)8-10-6-3-4-7-12(10)15/h3-4,6-7,9H,2,5,8H2,1H3,(H,16,17,18). The first-order valence-corrected chi connectivity index (χ1v) is 6.81. The quantitative estimate of drug-likeness (QED) is 0.943. The highest BCUT2D eigenvalue weighted by Crippen LogP contribution is 2.17. The van der Waals surface area contributed by atoms with E-state index >= 15 is 0 Å². The molecule has 1 aromatic carbocycles. The molecule has 0 amide bonds. The van der Waals surface area contributed by atoms with Gasteiger partial charge in [0.2, 0.25) is 0 Å². The molecular weight excluding hydrogens is 292 g/mol. The summed E-state index contributed by atoms with van der Waals surface area (Å²) < 4.78 is 1.04. The van der Waals surface area contributed by atoms with Crippen LogP contribution in [0.15, 0.2) is 39.6 Å². The molecule has 0 aliphatic heterocycles. The van der Waals surface area contributed by atoms with Gasteiger partial charge in [0.05, 0.1) is 0 Å². The SMILES string of the molecule is CCCc1cc(=O)[nH]c(Cc2ccccc2Br)n1. The van der Waals surface area contributed by atoms with Crippen molar-refractivity contribution in [2.24, 2.45) is 0 Å². The monoisotopic (exact) mass is 306 g/mol. The van der Waals surface area contributed by atoms with Crippen LogP contribution in [0.3, 0.4) is 0 Å². The normalized spacial score (nSPS) is 10.6. The van der Waals surface area contributed by atoms with Crippen molar-refractivity contribution in [1.29, 1.82) is 0 Å². The Morgan fingerprint density at radius 2 is 2.11 bits per heavy atom. The molecule has 1 aromatic heterocycles. The Hall–Kier alpha value is -1.42. The van der Waals surface area contributed by atoms with Crippen LogP contribution in [0.1, 0.15) is 30.4 Å². The molecule has 4 heteroatoms. The molecule has 0 unspecified atom stereocenters. The van der Waals surface area contributed by atoms with E-state index in [1.54, 1.807) is 6.07 Å². The summed E-state index contributed by atoms with van der Waals surface area (Å²) in [4.78, 5) is 18.8. The van der Waals surface area contributed by atoms with Crippen LogP contribution in [0, 0.1) is 0 Å². The Morgan fingerprint density at radius 3 is 2.83 bits per heavy atom. The summed E-state index contributed by atoms with van der Waals surface area (Å²) in [6, 6.07) is 9.54. The highest BCUT2D eigenvalue weighted by Gasteiger charge is 2.04. The number of aromatic amines is 1. The smallest absolute Gasteiger partial charge is 0.251 e. The fourth-order valence-corrected chi connectivity index (χ4v) is 2.28. The Morgan fingerprint density at radius 1 is 1.33 bits per heavy atom. The number of nitrogens with zero attached hydrogens (tertiary/aromatic N) is 1. The van der Waals surface area contributed by atoms with E-state index in [2.05, 4.69) is 32.8 Å². The molecule has 2 rings (SSSR count). The molecule has 0 atom stereocenters. The highest BCUT2D eigenvalue weighted by atomic mass is 79.9. The maximum absolute atomic E-state index is 11.6. The molecule has 0 aliphatic carbocycles. The summed E-state index contributed by atoms with van der Waals surface area (Å²) in [7, 11) is 0. The summed E-state index contributed by atoms with van der Waals surface area (Å²) >= 11 is 3.50. The number of aromatic nitrogens is 2. The number of nitrogens with one attached hydrogen (secondary N) is 1. The molecule has 0 saturated heterocycles. The lowest BCUT2D eigenvalue weighted by atomic mass is 10.1. The van der Waals surface area contributed by atoms with Crippen molar-refractivity contribution in [1.82, 2.24) is 9.97 Å². The summed E-state index contributed by atoms with van der Waals surface area (Å²) in [5, 5.41) is 0. The van der Waals surface area contributed by atoms with Gasteiger partial charge in [0.1, 0.15) is 5.82 Å². The van der Waals surface area contributed by atoms with Crippen molar-refractivity contribution in [3.63, 3.8) is 0 Å². The molecule has 18 heavy (non-hydrogen) atoms. The molecule has 2 aromatic rings. The number of hydrogen-bond donors (Lipinski definition) is 1. The summed E-state index contributed by atoms with van der Waals surface area (Å²) in [6.45, 7) is 2.08. The fourth-order valence-electron chi connectivity index (χ4n) is 1.85. The zero-order chi connectivity index (χ0) is 13.0. The number of hydrogen-bond acceptors (Lipinski definition) is 2. The predicted molar refractivity (Wildman–Crippen MR) is 75.8 cm³/mol. The summed E-state index contributed by atoms with van der Waals surface area (Å²) in [5.74, 6) is 0.720. The van der Waals surface area contributed by atoms with Gasteiger partial charge in [0.15, 0.2) is 0 Å². The maximum atomic E-state index is 11.6. The van der Waals surface area contributed by atoms with Crippen molar-refractivity contribution >= 4 is 15.9 Å². The number of aryl methyl sites for hydroxylation is 1. The van der Waals surface area contributed by atoms with Crippen molar-refractivity contribution in [2.45, 2.75) is 26.2 Å². The van der Waals surface area contributed by atoms with Crippen LogP contribution in [0.2, 0.25) is 0 Å². The molecule has 1 heterocycles. The lowest BCUT2D eigenvalue weighted by molar-refractivity contribution is 0.831. The minimum Gasteiger partial charge on any atom is -0.310 e. The third-order valence-electron chi connectivity index (χ3n) is 2.67. The van der Waals surface area contributed by atoms with E-state index in [9.17, 15) is 4.79 Å². The van der Waals surface area contributed by atoms with Gasteiger partial charge in [-0.05, 0) is 18.1 Å². The summed E-state index contributed by atoms with van der Waals surface area (Å²) in [5.41, 5.74) is 1.91. The van der Waals surface area contributed by atoms with E-state index in [-0.39, 0.29) is 5.56 Å². The fraction of sp³-hybridized carbons (Fsp3) is 0.286. The molecular formula is C14H15BrN2O. The van der Waals surface area contributed by atoms with Crippen molar-refractivity contribution in [2.75, 3.05) is 0 Å². The minimum atomic E-state index is -0.0736. The zero-order valence-electron chi connectivity index (χ0n) is 10.2. The van der Waals surface area contributed by atoms with Crippen molar-refractivity contribution in [3.8, 4) is 0 Å². The van der Waals surface area contributed by atoms with Crippen molar-refractivity contribution in [3.05, 3.63) is 62.2 Å². The van der Waals surface area contributed by atoms with Crippen LogP contribution in [-0.2, 0) is 12.8 Å². The number of H-pyrrole nitrogens is 1. The third kappa shape index (κ3) is 3.29. The lowest BCUT2D eigenvalue weighted by Crippen LogP contribution is -2.13. The Bertz CT molecular complexity index is 592. The number of rotatable bonds is 4. The first-order chi connectivity index (χ1) is 8.69. The first-order valence-electron chi connectivity index (χ1n) is 6.01. The number of benzene rings is 1. The van der Waals surface area contributed by atoms with Crippen LogP contribution >= 0.6 is 15.9 Å². The molecule has 0 spiro atoms. The van der Waals surface area contributed by atoms with Gasteiger partial charge < -0.3 is 4.98 Å². The molecule has 0 aliphatic rings. The predicted octanol–water partition coefficient (Wildman–Crippen LogP) is 3.08. The van der Waals surface area contributed by atoms with E-state index < -0.39 is 0 Å². The van der Waals surface area contributed by atoms with E-state index in [0.29, 0.717) is 6.42 Å². The molecule has 94 valence electrons. The Balaban J connectivity index is 2.29. The van der Waals surface area contributed by atoms with Gasteiger partial charge in [-0.1, -0.05) is 47.5 Å². The van der Waals surface area contributed by atoms with Gasteiger partial charge in [0.25, 0.3) is 5.56 Å². The Labute approximate surface area is 114 Å². The Kier molecular flexibility index (Phi) is 4.31. The molecule has 0 fully saturated rings. The highest BCUT2D eigenvalue weighted by molar-refractivity contribution is 9.10. The van der Waals surface area contributed by atoms with Gasteiger partial charge in [0, 0.05) is 22.7 Å². The lowest BCUT2D eigenvalue weighted by Gasteiger charge is -2.05. The third-order valence-corrected chi connectivity index (χ3v) is 3.44. The van der Waals surface area contributed by atoms with E-state index in [1.165, 1.54) is 0 Å².